The van der Waals surface area contributed by atoms with Crippen LogP contribution in [-0.2, 0) is 0 Å². The number of halogens is 1. The SMILES string of the molecule is C=C[C@H]1CN2CC[C@H]1C[C@@H]2CI. The zero-order valence-electron chi connectivity index (χ0n) is 7.38. The maximum absolute atomic E-state index is 3.93. The number of hydrogen-bond donors (Lipinski definition) is 0. The first-order valence-corrected chi connectivity index (χ1v) is 6.30. The van der Waals surface area contributed by atoms with Gasteiger partial charge in [0.15, 0.2) is 0 Å². The Balaban J connectivity index is 2.05. The summed E-state index contributed by atoms with van der Waals surface area (Å²) in [6.45, 7) is 6.54. The van der Waals surface area contributed by atoms with Crippen LogP contribution in [0.4, 0.5) is 0 Å². The van der Waals surface area contributed by atoms with Crippen molar-refractivity contribution < 1.29 is 0 Å². The molecule has 0 spiro atoms. The quantitative estimate of drug-likeness (QED) is 0.425. The van der Waals surface area contributed by atoms with Crippen molar-refractivity contribution in [1.82, 2.24) is 4.90 Å². The summed E-state index contributed by atoms with van der Waals surface area (Å²) < 4.78 is 1.30. The largest absolute Gasteiger partial charge is 0.299 e. The molecule has 0 aromatic heterocycles. The van der Waals surface area contributed by atoms with Gasteiger partial charge < -0.3 is 0 Å². The average molecular weight is 277 g/mol. The van der Waals surface area contributed by atoms with Crippen LogP contribution in [0.2, 0.25) is 0 Å². The van der Waals surface area contributed by atoms with Gasteiger partial charge in [0.25, 0.3) is 0 Å². The normalized spacial score (nSPS) is 46.1. The van der Waals surface area contributed by atoms with Crippen molar-refractivity contribution >= 4 is 22.6 Å². The molecule has 0 saturated carbocycles. The number of nitrogens with zero attached hydrogens (tertiary/aromatic N) is 1. The summed E-state index contributed by atoms with van der Waals surface area (Å²) in [6, 6.07) is 0.876. The minimum atomic E-state index is 0.790. The molecule has 2 bridgehead atoms. The topological polar surface area (TPSA) is 3.24 Å². The van der Waals surface area contributed by atoms with Crippen molar-refractivity contribution in [2.24, 2.45) is 11.8 Å². The lowest BCUT2D eigenvalue weighted by molar-refractivity contribution is 0.0312. The first-order chi connectivity index (χ1) is 5.85. The third kappa shape index (κ3) is 1.43. The van der Waals surface area contributed by atoms with E-state index >= 15 is 0 Å². The van der Waals surface area contributed by atoms with E-state index in [0.29, 0.717) is 0 Å². The second-order valence-corrected chi connectivity index (χ2v) is 4.87. The Labute approximate surface area is 88.3 Å². The van der Waals surface area contributed by atoms with Gasteiger partial charge in [-0.05, 0) is 31.2 Å². The predicted octanol–water partition coefficient (Wildman–Crippen LogP) is 2.32. The van der Waals surface area contributed by atoms with E-state index in [-0.39, 0.29) is 0 Å². The highest BCUT2D eigenvalue weighted by Gasteiger charge is 2.37. The van der Waals surface area contributed by atoms with Crippen molar-refractivity contribution in [2.75, 3.05) is 17.5 Å². The fraction of sp³-hybridized carbons (Fsp3) is 0.800. The number of fused-ring (bicyclic) bond motifs is 3. The molecule has 0 radical (unpaired) electrons. The standard InChI is InChI=1S/C10H16IN/c1-2-8-7-12-4-3-9(8)5-10(12)6-11/h2,8-10H,1,3-7H2/t8-,9-,10+/m0/s1. The number of piperidine rings is 3. The van der Waals surface area contributed by atoms with Crippen molar-refractivity contribution in [1.29, 1.82) is 0 Å². The van der Waals surface area contributed by atoms with Crippen LogP contribution in [0.25, 0.3) is 0 Å². The summed E-state index contributed by atoms with van der Waals surface area (Å²) in [5.74, 6) is 1.74. The molecule has 1 nitrogen and oxygen atoms in total. The first-order valence-electron chi connectivity index (χ1n) is 4.77. The molecule has 3 saturated heterocycles. The second-order valence-electron chi connectivity index (χ2n) is 3.99. The molecule has 1 unspecified atom stereocenters. The van der Waals surface area contributed by atoms with Crippen LogP contribution in [0.5, 0.6) is 0 Å². The second kappa shape index (κ2) is 3.66. The molecule has 0 N–H and O–H groups in total. The molecule has 3 fully saturated rings. The van der Waals surface area contributed by atoms with Gasteiger partial charge in [-0.15, -0.1) is 6.58 Å². The Kier molecular flexibility index (Phi) is 2.75. The number of rotatable bonds is 2. The molecule has 0 aliphatic carbocycles. The summed E-state index contributed by atoms with van der Waals surface area (Å²) in [4.78, 5) is 2.65. The monoisotopic (exact) mass is 277 g/mol. The Morgan fingerprint density at radius 1 is 1.58 bits per heavy atom. The van der Waals surface area contributed by atoms with Crippen LogP contribution in [0.1, 0.15) is 12.8 Å². The van der Waals surface area contributed by atoms with E-state index in [1.54, 1.807) is 0 Å². The molecule has 0 aromatic rings. The van der Waals surface area contributed by atoms with E-state index in [2.05, 4.69) is 40.1 Å². The molecule has 2 heteroatoms. The fourth-order valence-electron chi connectivity index (χ4n) is 2.61. The molecule has 3 aliphatic rings. The van der Waals surface area contributed by atoms with E-state index in [1.165, 1.54) is 30.4 Å². The van der Waals surface area contributed by atoms with E-state index < -0.39 is 0 Å². The van der Waals surface area contributed by atoms with Gasteiger partial charge in [-0.2, -0.15) is 0 Å². The van der Waals surface area contributed by atoms with Gasteiger partial charge in [-0.1, -0.05) is 28.7 Å². The van der Waals surface area contributed by atoms with E-state index in [4.69, 9.17) is 0 Å². The third-order valence-corrected chi connectivity index (χ3v) is 4.43. The van der Waals surface area contributed by atoms with Gasteiger partial charge in [0, 0.05) is 17.0 Å². The summed E-state index contributed by atoms with van der Waals surface area (Å²) in [7, 11) is 0. The highest BCUT2D eigenvalue weighted by Crippen LogP contribution is 2.37. The Morgan fingerprint density at radius 3 is 2.92 bits per heavy atom. The molecule has 0 amide bonds. The van der Waals surface area contributed by atoms with Gasteiger partial charge in [0.2, 0.25) is 0 Å². The van der Waals surface area contributed by atoms with Crippen LogP contribution >= 0.6 is 22.6 Å². The van der Waals surface area contributed by atoms with Crippen molar-refractivity contribution in [3.05, 3.63) is 12.7 Å². The van der Waals surface area contributed by atoms with Crippen LogP contribution in [-0.4, -0.2) is 28.5 Å². The fourth-order valence-corrected chi connectivity index (χ4v) is 3.52. The zero-order valence-corrected chi connectivity index (χ0v) is 9.53. The minimum absolute atomic E-state index is 0.790. The third-order valence-electron chi connectivity index (χ3n) is 3.41. The van der Waals surface area contributed by atoms with Crippen LogP contribution in [0, 0.1) is 11.8 Å². The summed E-state index contributed by atoms with van der Waals surface area (Å²) >= 11 is 2.52. The van der Waals surface area contributed by atoms with Gasteiger partial charge >= 0.3 is 0 Å². The zero-order chi connectivity index (χ0) is 8.55. The smallest absolute Gasteiger partial charge is 0.0188 e. The Hall–Kier alpha value is 0.430. The van der Waals surface area contributed by atoms with E-state index in [0.717, 1.165) is 17.9 Å². The number of alkyl halides is 1. The van der Waals surface area contributed by atoms with Crippen LogP contribution in [0.15, 0.2) is 12.7 Å². The molecule has 3 heterocycles. The lowest BCUT2D eigenvalue weighted by Gasteiger charge is -2.48. The predicted molar refractivity (Wildman–Crippen MR) is 60.7 cm³/mol. The van der Waals surface area contributed by atoms with Crippen molar-refractivity contribution in [3.63, 3.8) is 0 Å². The summed E-state index contributed by atoms with van der Waals surface area (Å²) in [5, 5.41) is 0. The van der Waals surface area contributed by atoms with Crippen molar-refractivity contribution in [2.45, 2.75) is 18.9 Å². The minimum Gasteiger partial charge on any atom is -0.299 e. The molecule has 68 valence electrons. The van der Waals surface area contributed by atoms with Crippen molar-refractivity contribution in [3.8, 4) is 0 Å². The average Bonchev–Trinajstić information content (AvgIpc) is 2.18. The van der Waals surface area contributed by atoms with Gasteiger partial charge in [0.1, 0.15) is 0 Å². The van der Waals surface area contributed by atoms with E-state index in [9.17, 15) is 0 Å². The van der Waals surface area contributed by atoms with Crippen LogP contribution < -0.4 is 0 Å². The summed E-state index contributed by atoms with van der Waals surface area (Å²) in [5.41, 5.74) is 0. The maximum atomic E-state index is 3.93. The molecule has 3 rings (SSSR count). The van der Waals surface area contributed by atoms with Gasteiger partial charge in [0.05, 0.1) is 0 Å². The molecular weight excluding hydrogens is 261 g/mol. The maximum Gasteiger partial charge on any atom is 0.0188 e. The van der Waals surface area contributed by atoms with Gasteiger partial charge in [-0.25, -0.2) is 0 Å². The summed E-state index contributed by atoms with van der Waals surface area (Å²) in [6.07, 6.45) is 4.99. The molecule has 3 aliphatic heterocycles. The molecular formula is C10H16IN. The lowest BCUT2D eigenvalue weighted by Crippen LogP contribution is -2.53. The molecule has 12 heavy (non-hydrogen) atoms. The van der Waals surface area contributed by atoms with Gasteiger partial charge in [-0.3, -0.25) is 4.90 Å². The first kappa shape index (κ1) is 9.00. The lowest BCUT2D eigenvalue weighted by atomic mass is 9.76. The highest BCUT2D eigenvalue weighted by molar-refractivity contribution is 14.1. The van der Waals surface area contributed by atoms with E-state index in [1.807, 2.05) is 0 Å². The number of hydrogen-bond acceptors (Lipinski definition) is 1. The molecule has 4 atom stereocenters. The molecule has 0 aromatic carbocycles. The highest BCUT2D eigenvalue weighted by atomic mass is 127. The Morgan fingerprint density at radius 2 is 2.42 bits per heavy atom. The Bertz CT molecular complexity index is 181. The van der Waals surface area contributed by atoms with Crippen LogP contribution in [0.3, 0.4) is 0 Å².